The second-order valence-corrected chi connectivity index (χ2v) is 5.51. The predicted octanol–water partition coefficient (Wildman–Crippen LogP) is -0.392. The fraction of sp³-hybridized carbons (Fsp3) is 0.571. The van der Waals surface area contributed by atoms with Crippen molar-refractivity contribution >= 4 is 12.6 Å². The minimum absolute atomic E-state index is 0.416. The van der Waals surface area contributed by atoms with E-state index in [-0.39, 0.29) is 0 Å². The van der Waals surface area contributed by atoms with Gasteiger partial charge >= 0.3 is 7.12 Å². The predicted molar refractivity (Wildman–Crippen MR) is 76.1 cm³/mol. The summed E-state index contributed by atoms with van der Waals surface area (Å²) in [5.74, 6) is 0.755. The third kappa shape index (κ3) is 3.33. The van der Waals surface area contributed by atoms with Gasteiger partial charge in [0.2, 0.25) is 0 Å². The van der Waals surface area contributed by atoms with Gasteiger partial charge in [-0.2, -0.15) is 0 Å². The molecule has 2 atom stereocenters. The standard InChI is InChI=1S/C14H20BNO4/c17-15(18)11-1-3-12(4-2-11)19-8-7-16-9-13-5-6-14(10-16)20-13/h1-4,13-14,17-18H,5-10H2. The molecule has 6 heteroatoms. The van der Waals surface area contributed by atoms with Crippen LogP contribution in [0.4, 0.5) is 0 Å². The van der Waals surface area contributed by atoms with Crippen LogP contribution in [0.1, 0.15) is 12.8 Å². The van der Waals surface area contributed by atoms with E-state index >= 15 is 0 Å². The van der Waals surface area contributed by atoms with Crippen molar-refractivity contribution in [2.45, 2.75) is 25.0 Å². The first kappa shape index (κ1) is 13.9. The van der Waals surface area contributed by atoms with E-state index in [1.54, 1.807) is 24.3 Å². The van der Waals surface area contributed by atoms with Crippen LogP contribution in [0.5, 0.6) is 5.75 Å². The molecule has 2 aliphatic heterocycles. The van der Waals surface area contributed by atoms with Gasteiger partial charge in [-0.1, -0.05) is 12.1 Å². The van der Waals surface area contributed by atoms with Crippen LogP contribution in [0.2, 0.25) is 0 Å². The Balaban J connectivity index is 1.43. The number of fused-ring (bicyclic) bond motifs is 2. The molecule has 2 fully saturated rings. The van der Waals surface area contributed by atoms with E-state index in [0.717, 1.165) is 25.4 Å². The Bertz CT molecular complexity index is 427. The van der Waals surface area contributed by atoms with Gasteiger partial charge in [0.1, 0.15) is 12.4 Å². The zero-order chi connectivity index (χ0) is 13.9. The molecular weight excluding hydrogens is 257 g/mol. The van der Waals surface area contributed by atoms with Crippen molar-refractivity contribution in [2.24, 2.45) is 0 Å². The summed E-state index contributed by atoms with van der Waals surface area (Å²) >= 11 is 0. The summed E-state index contributed by atoms with van der Waals surface area (Å²) in [6.07, 6.45) is 3.21. The first-order valence-corrected chi connectivity index (χ1v) is 7.17. The van der Waals surface area contributed by atoms with E-state index in [0.29, 0.717) is 24.3 Å². The lowest BCUT2D eigenvalue weighted by molar-refractivity contribution is -0.0408. The van der Waals surface area contributed by atoms with Crippen molar-refractivity contribution in [3.8, 4) is 5.75 Å². The fourth-order valence-electron chi connectivity index (χ4n) is 2.91. The zero-order valence-corrected chi connectivity index (χ0v) is 11.4. The molecule has 5 nitrogen and oxygen atoms in total. The highest BCUT2D eigenvalue weighted by molar-refractivity contribution is 6.58. The molecule has 0 aliphatic carbocycles. The molecule has 2 unspecified atom stereocenters. The third-order valence-corrected chi connectivity index (χ3v) is 3.97. The van der Waals surface area contributed by atoms with E-state index in [1.165, 1.54) is 12.8 Å². The fourth-order valence-corrected chi connectivity index (χ4v) is 2.91. The van der Waals surface area contributed by atoms with Crippen LogP contribution in [-0.2, 0) is 4.74 Å². The quantitative estimate of drug-likeness (QED) is 0.718. The molecule has 0 amide bonds. The normalized spacial score (nSPS) is 25.7. The smallest absolute Gasteiger partial charge is 0.488 e. The Morgan fingerprint density at radius 2 is 1.80 bits per heavy atom. The van der Waals surface area contributed by atoms with E-state index in [1.807, 2.05) is 0 Å². The van der Waals surface area contributed by atoms with Crippen molar-refractivity contribution in [3.05, 3.63) is 24.3 Å². The summed E-state index contributed by atoms with van der Waals surface area (Å²) in [6, 6.07) is 6.85. The molecule has 0 radical (unpaired) electrons. The van der Waals surface area contributed by atoms with Crippen LogP contribution < -0.4 is 10.2 Å². The molecule has 3 rings (SSSR count). The molecule has 1 aromatic rings. The highest BCUT2D eigenvalue weighted by atomic mass is 16.5. The van der Waals surface area contributed by atoms with Crippen molar-refractivity contribution in [2.75, 3.05) is 26.2 Å². The Morgan fingerprint density at radius 1 is 1.15 bits per heavy atom. The van der Waals surface area contributed by atoms with Gasteiger partial charge in [0.25, 0.3) is 0 Å². The van der Waals surface area contributed by atoms with E-state index in [9.17, 15) is 0 Å². The number of morpholine rings is 1. The molecule has 108 valence electrons. The minimum Gasteiger partial charge on any atom is -0.492 e. The van der Waals surface area contributed by atoms with Crippen molar-refractivity contribution in [3.63, 3.8) is 0 Å². The largest absolute Gasteiger partial charge is 0.492 e. The molecule has 0 spiro atoms. The molecule has 2 aliphatic rings. The van der Waals surface area contributed by atoms with Crippen molar-refractivity contribution in [1.82, 2.24) is 4.90 Å². The Kier molecular flexibility index (Phi) is 4.26. The number of hydrogen-bond donors (Lipinski definition) is 2. The first-order chi connectivity index (χ1) is 9.70. The first-order valence-electron chi connectivity index (χ1n) is 7.17. The Hall–Kier alpha value is -1.08. The van der Waals surface area contributed by atoms with Crippen LogP contribution in [-0.4, -0.2) is 60.5 Å². The van der Waals surface area contributed by atoms with Crippen LogP contribution in [0.15, 0.2) is 24.3 Å². The lowest BCUT2D eigenvalue weighted by atomic mass is 9.80. The number of likely N-dealkylation sites (tertiary alicyclic amines) is 1. The van der Waals surface area contributed by atoms with Crippen molar-refractivity contribution in [1.29, 1.82) is 0 Å². The van der Waals surface area contributed by atoms with Gasteiger partial charge in [0.15, 0.2) is 0 Å². The summed E-state index contributed by atoms with van der Waals surface area (Å²) < 4.78 is 11.5. The van der Waals surface area contributed by atoms with Gasteiger partial charge in [0.05, 0.1) is 12.2 Å². The van der Waals surface area contributed by atoms with Crippen LogP contribution >= 0.6 is 0 Å². The van der Waals surface area contributed by atoms with E-state index in [2.05, 4.69) is 4.90 Å². The molecule has 20 heavy (non-hydrogen) atoms. The van der Waals surface area contributed by atoms with Crippen molar-refractivity contribution < 1.29 is 19.5 Å². The number of nitrogens with zero attached hydrogens (tertiary/aromatic N) is 1. The number of ether oxygens (including phenoxy) is 2. The average Bonchev–Trinajstić information content (AvgIpc) is 2.78. The number of hydrogen-bond acceptors (Lipinski definition) is 5. The molecule has 1 aromatic carbocycles. The topological polar surface area (TPSA) is 62.2 Å². The third-order valence-electron chi connectivity index (χ3n) is 3.97. The van der Waals surface area contributed by atoms with Gasteiger partial charge in [-0.05, 0) is 30.4 Å². The zero-order valence-electron chi connectivity index (χ0n) is 11.4. The van der Waals surface area contributed by atoms with Crippen LogP contribution in [0.3, 0.4) is 0 Å². The molecule has 2 saturated heterocycles. The molecule has 2 N–H and O–H groups in total. The van der Waals surface area contributed by atoms with Gasteiger partial charge in [-0.15, -0.1) is 0 Å². The monoisotopic (exact) mass is 277 g/mol. The van der Waals surface area contributed by atoms with Crippen LogP contribution in [0.25, 0.3) is 0 Å². The van der Waals surface area contributed by atoms with Gasteiger partial charge in [0, 0.05) is 19.6 Å². The minimum atomic E-state index is -1.42. The second kappa shape index (κ2) is 6.14. The molecular formula is C14H20BNO4. The molecule has 2 heterocycles. The maximum atomic E-state index is 9.01. The highest BCUT2D eigenvalue weighted by Gasteiger charge is 2.33. The molecule has 2 bridgehead atoms. The number of rotatable bonds is 5. The maximum absolute atomic E-state index is 9.01. The van der Waals surface area contributed by atoms with E-state index in [4.69, 9.17) is 19.5 Å². The van der Waals surface area contributed by atoms with Gasteiger partial charge in [-0.3, -0.25) is 4.90 Å². The summed E-state index contributed by atoms with van der Waals surface area (Å²) in [5.41, 5.74) is 0.474. The second-order valence-electron chi connectivity index (χ2n) is 5.51. The van der Waals surface area contributed by atoms with Gasteiger partial charge < -0.3 is 19.5 Å². The Labute approximate surface area is 119 Å². The molecule has 0 saturated carbocycles. The summed E-state index contributed by atoms with van der Waals surface area (Å²) in [6.45, 7) is 3.56. The summed E-state index contributed by atoms with van der Waals surface area (Å²) in [5, 5.41) is 18.0. The van der Waals surface area contributed by atoms with Crippen LogP contribution in [0, 0.1) is 0 Å². The SMILES string of the molecule is OB(O)c1ccc(OCCN2CC3CCC(C2)O3)cc1. The Morgan fingerprint density at radius 3 is 2.40 bits per heavy atom. The average molecular weight is 277 g/mol. The summed E-state index contributed by atoms with van der Waals surface area (Å²) in [7, 11) is -1.42. The number of benzene rings is 1. The molecule has 0 aromatic heterocycles. The lowest BCUT2D eigenvalue weighted by Crippen LogP contribution is -2.44. The highest BCUT2D eigenvalue weighted by Crippen LogP contribution is 2.25. The van der Waals surface area contributed by atoms with Gasteiger partial charge in [-0.25, -0.2) is 0 Å². The van der Waals surface area contributed by atoms with E-state index < -0.39 is 7.12 Å². The summed E-state index contributed by atoms with van der Waals surface area (Å²) in [4.78, 5) is 2.40. The maximum Gasteiger partial charge on any atom is 0.488 e. The lowest BCUT2D eigenvalue weighted by Gasteiger charge is -2.31.